The van der Waals surface area contributed by atoms with Crippen molar-refractivity contribution in [3.05, 3.63) is 29.8 Å². The molecule has 28 heavy (non-hydrogen) atoms. The van der Waals surface area contributed by atoms with E-state index in [2.05, 4.69) is 5.32 Å². The van der Waals surface area contributed by atoms with Crippen LogP contribution in [0, 0.1) is 0 Å². The Hall–Kier alpha value is -2.70. The van der Waals surface area contributed by atoms with Crippen LogP contribution in [0.4, 0.5) is 4.79 Å². The number of ether oxygens (including phenoxy) is 3. The molecule has 1 heterocycles. The number of carbonyl (C=O) groups excluding carboxylic acids is 2. The highest BCUT2D eigenvalue weighted by atomic mass is 16.6. The zero-order chi connectivity index (χ0) is 20.7. The van der Waals surface area contributed by atoms with Crippen LogP contribution >= 0.6 is 0 Å². The molecule has 2 rings (SSSR count). The summed E-state index contributed by atoms with van der Waals surface area (Å²) in [6.07, 6.45) is 4.29. The van der Waals surface area contributed by atoms with E-state index in [1.54, 1.807) is 37.3 Å². The van der Waals surface area contributed by atoms with Crippen molar-refractivity contribution in [2.75, 3.05) is 27.3 Å². The summed E-state index contributed by atoms with van der Waals surface area (Å²) in [5.74, 6) is 1.28. The molecule has 2 amide bonds. The molecule has 1 aromatic rings. The summed E-state index contributed by atoms with van der Waals surface area (Å²) in [5.41, 5.74) is 0.306. The fourth-order valence-corrected chi connectivity index (χ4v) is 2.92. The van der Waals surface area contributed by atoms with Gasteiger partial charge in [0, 0.05) is 31.3 Å². The lowest BCUT2D eigenvalue weighted by molar-refractivity contribution is -0.127. The van der Waals surface area contributed by atoms with Gasteiger partial charge in [-0.05, 0) is 57.4 Å². The number of benzene rings is 1. The number of methoxy groups -OCH3 is 2. The molecule has 7 heteroatoms. The standard InChI is InChI=1S/C21H30N2O5/c1-21(2,3)28-20(25)22-16-8-10-23(11-9-16)19(24)7-6-15-12-17(26-4)14-18(13-15)27-5/h6-7,12-14,16H,8-11H2,1-5H3,(H,22,25)/b7-6+. The third-order valence-electron chi connectivity index (χ3n) is 4.32. The van der Waals surface area contributed by atoms with Gasteiger partial charge >= 0.3 is 6.09 Å². The van der Waals surface area contributed by atoms with Crippen LogP contribution in [-0.4, -0.2) is 55.9 Å². The van der Waals surface area contributed by atoms with Gasteiger partial charge < -0.3 is 24.4 Å². The highest BCUT2D eigenvalue weighted by Gasteiger charge is 2.24. The minimum atomic E-state index is -0.519. The van der Waals surface area contributed by atoms with Crippen molar-refractivity contribution < 1.29 is 23.8 Å². The number of hydrogen-bond donors (Lipinski definition) is 1. The van der Waals surface area contributed by atoms with Crippen LogP contribution < -0.4 is 14.8 Å². The van der Waals surface area contributed by atoms with Gasteiger partial charge in [0.2, 0.25) is 5.91 Å². The van der Waals surface area contributed by atoms with E-state index in [1.165, 1.54) is 0 Å². The second kappa shape index (κ2) is 9.48. The average molecular weight is 390 g/mol. The summed E-state index contributed by atoms with van der Waals surface area (Å²) < 4.78 is 15.8. The van der Waals surface area contributed by atoms with Gasteiger partial charge in [-0.15, -0.1) is 0 Å². The van der Waals surface area contributed by atoms with Gasteiger partial charge in [0.05, 0.1) is 14.2 Å². The van der Waals surface area contributed by atoms with E-state index in [1.807, 2.05) is 32.9 Å². The van der Waals surface area contributed by atoms with E-state index in [4.69, 9.17) is 14.2 Å². The lowest BCUT2D eigenvalue weighted by atomic mass is 10.1. The molecular weight excluding hydrogens is 360 g/mol. The molecule has 1 aliphatic heterocycles. The predicted octanol–water partition coefficient (Wildman–Crippen LogP) is 3.23. The van der Waals surface area contributed by atoms with Crippen LogP contribution in [0.2, 0.25) is 0 Å². The van der Waals surface area contributed by atoms with Crippen LogP contribution in [0.25, 0.3) is 6.08 Å². The summed E-state index contributed by atoms with van der Waals surface area (Å²) in [6.45, 7) is 6.67. The smallest absolute Gasteiger partial charge is 0.407 e. The number of alkyl carbamates (subject to hydrolysis) is 1. The average Bonchev–Trinajstić information content (AvgIpc) is 2.64. The first-order chi connectivity index (χ1) is 13.2. The maximum absolute atomic E-state index is 12.5. The molecule has 1 N–H and O–H groups in total. The van der Waals surface area contributed by atoms with Crippen molar-refractivity contribution >= 4 is 18.1 Å². The maximum Gasteiger partial charge on any atom is 0.407 e. The van der Waals surface area contributed by atoms with Gasteiger partial charge in [0.25, 0.3) is 0 Å². The number of rotatable bonds is 5. The van der Waals surface area contributed by atoms with E-state index in [0.717, 1.165) is 5.56 Å². The Labute approximate surface area is 166 Å². The Morgan fingerprint density at radius 2 is 1.64 bits per heavy atom. The molecule has 1 saturated heterocycles. The van der Waals surface area contributed by atoms with E-state index < -0.39 is 11.7 Å². The quantitative estimate of drug-likeness (QED) is 0.781. The molecule has 1 aromatic carbocycles. The van der Waals surface area contributed by atoms with E-state index >= 15 is 0 Å². The van der Waals surface area contributed by atoms with Crippen LogP contribution in [0.3, 0.4) is 0 Å². The molecule has 0 saturated carbocycles. The van der Waals surface area contributed by atoms with Gasteiger partial charge in [-0.3, -0.25) is 4.79 Å². The van der Waals surface area contributed by atoms with Gasteiger partial charge in [0.15, 0.2) is 0 Å². The molecular formula is C21H30N2O5. The molecule has 0 spiro atoms. The first-order valence-electron chi connectivity index (χ1n) is 9.40. The second-order valence-electron chi connectivity index (χ2n) is 7.73. The van der Waals surface area contributed by atoms with Crippen LogP contribution in [0.5, 0.6) is 11.5 Å². The second-order valence-corrected chi connectivity index (χ2v) is 7.73. The number of amides is 2. The first kappa shape index (κ1) is 21.6. The monoisotopic (exact) mass is 390 g/mol. The third kappa shape index (κ3) is 6.79. The summed E-state index contributed by atoms with van der Waals surface area (Å²) in [5, 5.41) is 2.87. The summed E-state index contributed by atoms with van der Waals surface area (Å²) in [4.78, 5) is 26.1. The predicted molar refractivity (Wildman–Crippen MR) is 108 cm³/mol. The van der Waals surface area contributed by atoms with Crippen molar-refractivity contribution in [1.29, 1.82) is 0 Å². The molecule has 7 nitrogen and oxygen atoms in total. The van der Waals surface area contributed by atoms with Gasteiger partial charge in [0.1, 0.15) is 17.1 Å². The van der Waals surface area contributed by atoms with Gasteiger partial charge in [-0.2, -0.15) is 0 Å². The number of nitrogens with one attached hydrogen (secondary N) is 1. The topological polar surface area (TPSA) is 77.1 Å². The molecule has 154 valence electrons. The molecule has 0 aliphatic carbocycles. The Kier molecular flexibility index (Phi) is 7.31. The third-order valence-corrected chi connectivity index (χ3v) is 4.32. The Balaban J connectivity index is 1.87. The molecule has 0 aromatic heterocycles. The summed E-state index contributed by atoms with van der Waals surface area (Å²) >= 11 is 0. The minimum Gasteiger partial charge on any atom is -0.497 e. The van der Waals surface area contributed by atoms with Crippen molar-refractivity contribution in [3.8, 4) is 11.5 Å². The largest absolute Gasteiger partial charge is 0.497 e. The number of nitrogens with zero attached hydrogens (tertiary/aromatic N) is 1. The van der Waals surface area contributed by atoms with Gasteiger partial charge in [-0.1, -0.05) is 0 Å². The van der Waals surface area contributed by atoms with E-state index in [0.29, 0.717) is 37.4 Å². The number of hydrogen-bond acceptors (Lipinski definition) is 5. The fourth-order valence-electron chi connectivity index (χ4n) is 2.92. The Morgan fingerprint density at radius 3 is 2.14 bits per heavy atom. The lowest BCUT2D eigenvalue weighted by Gasteiger charge is -2.32. The summed E-state index contributed by atoms with van der Waals surface area (Å²) in [6, 6.07) is 5.47. The van der Waals surface area contributed by atoms with Crippen molar-refractivity contribution in [2.24, 2.45) is 0 Å². The molecule has 1 fully saturated rings. The molecule has 0 bridgehead atoms. The number of likely N-dealkylation sites (tertiary alicyclic amines) is 1. The van der Waals surface area contributed by atoms with Crippen molar-refractivity contribution in [1.82, 2.24) is 10.2 Å². The fraction of sp³-hybridized carbons (Fsp3) is 0.524. The van der Waals surface area contributed by atoms with Crippen molar-refractivity contribution in [3.63, 3.8) is 0 Å². The molecule has 1 aliphatic rings. The Morgan fingerprint density at radius 1 is 1.07 bits per heavy atom. The molecule has 0 unspecified atom stereocenters. The SMILES string of the molecule is COc1cc(/C=C/C(=O)N2CCC(NC(=O)OC(C)(C)C)CC2)cc(OC)c1. The molecule has 0 radical (unpaired) electrons. The highest BCUT2D eigenvalue weighted by Crippen LogP contribution is 2.23. The van der Waals surface area contributed by atoms with Crippen molar-refractivity contribution in [2.45, 2.75) is 45.3 Å². The van der Waals surface area contributed by atoms with Gasteiger partial charge in [-0.25, -0.2) is 4.79 Å². The number of carbonyl (C=O) groups is 2. The van der Waals surface area contributed by atoms with E-state index in [-0.39, 0.29) is 11.9 Å². The highest BCUT2D eigenvalue weighted by molar-refractivity contribution is 5.92. The normalized spacial score (nSPS) is 15.4. The zero-order valence-corrected chi connectivity index (χ0v) is 17.3. The number of piperidine rings is 1. The van der Waals surface area contributed by atoms with Crippen LogP contribution in [0.1, 0.15) is 39.2 Å². The molecule has 0 atom stereocenters. The summed E-state index contributed by atoms with van der Waals surface area (Å²) in [7, 11) is 3.17. The van der Waals surface area contributed by atoms with Crippen LogP contribution in [-0.2, 0) is 9.53 Å². The lowest BCUT2D eigenvalue weighted by Crippen LogP contribution is -2.47. The van der Waals surface area contributed by atoms with Crippen LogP contribution in [0.15, 0.2) is 24.3 Å². The Bertz CT molecular complexity index is 694. The maximum atomic E-state index is 12.5. The first-order valence-corrected chi connectivity index (χ1v) is 9.40. The van der Waals surface area contributed by atoms with E-state index in [9.17, 15) is 9.59 Å². The minimum absolute atomic E-state index is 0.0190. The zero-order valence-electron chi connectivity index (χ0n) is 17.3.